The van der Waals surface area contributed by atoms with E-state index in [1.54, 1.807) is 4.90 Å². The molecule has 0 bridgehead atoms. The van der Waals surface area contributed by atoms with Crippen LogP contribution in [0.25, 0.3) is 0 Å². The first-order chi connectivity index (χ1) is 8.51. The predicted octanol–water partition coefficient (Wildman–Crippen LogP) is 2.27. The minimum Gasteiger partial charge on any atom is -0.384 e. The fourth-order valence-corrected chi connectivity index (χ4v) is 2.51. The molecule has 4 heteroatoms. The zero-order valence-electron chi connectivity index (χ0n) is 11.3. The Labute approximate surface area is 112 Å². The molecule has 0 aliphatic carbocycles. The van der Waals surface area contributed by atoms with Crippen molar-refractivity contribution < 1.29 is 9.90 Å². The van der Waals surface area contributed by atoms with Crippen LogP contribution in [0.3, 0.4) is 0 Å². The Morgan fingerprint density at radius 1 is 1.61 bits per heavy atom. The van der Waals surface area contributed by atoms with E-state index in [0.717, 1.165) is 16.9 Å². The molecule has 0 saturated heterocycles. The van der Waals surface area contributed by atoms with E-state index < -0.39 is 0 Å². The van der Waals surface area contributed by atoms with E-state index >= 15 is 0 Å². The summed E-state index contributed by atoms with van der Waals surface area (Å²) in [6.45, 7) is 5.86. The number of aliphatic hydroxyl groups is 1. The standard InChI is InChI=1S/C14H19NO2S/c1-5-11(3)15(4)14(17)13-9-10(2)12(18-13)7-6-8-16/h9,11,16H,5,8H2,1-4H3. The molecule has 18 heavy (non-hydrogen) atoms. The third kappa shape index (κ3) is 3.34. The molecule has 0 spiro atoms. The van der Waals surface area contributed by atoms with E-state index in [2.05, 4.69) is 18.8 Å². The molecule has 0 radical (unpaired) electrons. The SMILES string of the molecule is CCC(C)N(C)C(=O)c1cc(C)c(C#CCO)s1. The number of amides is 1. The minimum absolute atomic E-state index is 0.0366. The van der Waals surface area contributed by atoms with Crippen molar-refractivity contribution in [2.24, 2.45) is 0 Å². The zero-order chi connectivity index (χ0) is 13.7. The first-order valence-corrected chi connectivity index (χ1v) is 6.80. The molecule has 0 aliphatic heterocycles. The number of hydrogen-bond acceptors (Lipinski definition) is 3. The average molecular weight is 265 g/mol. The van der Waals surface area contributed by atoms with Gasteiger partial charge >= 0.3 is 0 Å². The summed E-state index contributed by atoms with van der Waals surface area (Å²) < 4.78 is 0. The Balaban J connectivity index is 2.94. The van der Waals surface area contributed by atoms with E-state index in [4.69, 9.17) is 5.11 Å². The van der Waals surface area contributed by atoms with Gasteiger partial charge in [0.2, 0.25) is 0 Å². The van der Waals surface area contributed by atoms with Crippen LogP contribution >= 0.6 is 11.3 Å². The van der Waals surface area contributed by atoms with E-state index in [1.807, 2.05) is 27.0 Å². The quantitative estimate of drug-likeness (QED) is 0.852. The lowest BCUT2D eigenvalue weighted by Gasteiger charge is -2.22. The van der Waals surface area contributed by atoms with Gasteiger partial charge < -0.3 is 10.0 Å². The van der Waals surface area contributed by atoms with Gasteiger partial charge in [0.05, 0.1) is 9.75 Å². The van der Waals surface area contributed by atoms with Crippen molar-refractivity contribution in [1.82, 2.24) is 4.90 Å². The molecular weight excluding hydrogens is 246 g/mol. The van der Waals surface area contributed by atoms with Gasteiger partial charge in [0.1, 0.15) is 6.61 Å². The lowest BCUT2D eigenvalue weighted by molar-refractivity contribution is 0.0745. The summed E-state index contributed by atoms with van der Waals surface area (Å²) in [5, 5.41) is 8.68. The summed E-state index contributed by atoms with van der Waals surface area (Å²) in [7, 11) is 1.82. The Hall–Kier alpha value is -1.31. The second-order valence-electron chi connectivity index (χ2n) is 4.26. The Morgan fingerprint density at radius 3 is 2.83 bits per heavy atom. The van der Waals surface area contributed by atoms with E-state index in [1.165, 1.54) is 11.3 Å². The van der Waals surface area contributed by atoms with Crippen molar-refractivity contribution in [3.05, 3.63) is 21.4 Å². The van der Waals surface area contributed by atoms with Gasteiger partial charge in [-0.25, -0.2) is 0 Å². The van der Waals surface area contributed by atoms with Gasteiger partial charge in [-0.2, -0.15) is 0 Å². The average Bonchev–Trinajstić information content (AvgIpc) is 2.74. The smallest absolute Gasteiger partial charge is 0.263 e. The number of aryl methyl sites for hydroxylation is 1. The molecule has 98 valence electrons. The molecule has 0 aliphatic rings. The zero-order valence-corrected chi connectivity index (χ0v) is 12.1. The van der Waals surface area contributed by atoms with Gasteiger partial charge in [-0.3, -0.25) is 4.79 Å². The summed E-state index contributed by atoms with van der Waals surface area (Å²) >= 11 is 1.39. The minimum atomic E-state index is -0.159. The molecule has 1 unspecified atom stereocenters. The number of nitrogens with zero attached hydrogens (tertiary/aromatic N) is 1. The topological polar surface area (TPSA) is 40.5 Å². The first-order valence-electron chi connectivity index (χ1n) is 5.98. The fourth-order valence-electron chi connectivity index (χ4n) is 1.48. The molecule has 1 amide bonds. The van der Waals surface area contributed by atoms with Crippen LogP contribution in [0.5, 0.6) is 0 Å². The first kappa shape index (κ1) is 14.7. The number of rotatable bonds is 3. The van der Waals surface area contributed by atoms with Crippen LogP contribution in [0.4, 0.5) is 0 Å². The third-order valence-corrected chi connectivity index (χ3v) is 4.12. The lowest BCUT2D eigenvalue weighted by atomic mass is 10.2. The van der Waals surface area contributed by atoms with Crippen molar-refractivity contribution in [2.75, 3.05) is 13.7 Å². The molecule has 1 N–H and O–H groups in total. The Morgan fingerprint density at radius 2 is 2.28 bits per heavy atom. The second kappa shape index (κ2) is 6.58. The molecule has 1 atom stereocenters. The highest BCUT2D eigenvalue weighted by molar-refractivity contribution is 7.14. The Bertz CT molecular complexity index is 482. The monoisotopic (exact) mass is 265 g/mol. The summed E-state index contributed by atoms with van der Waals surface area (Å²) in [4.78, 5) is 15.5. The summed E-state index contributed by atoms with van der Waals surface area (Å²) in [6, 6.07) is 2.10. The van der Waals surface area contributed by atoms with Gasteiger partial charge in [0.15, 0.2) is 0 Å². The van der Waals surface area contributed by atoms with Crippen molar-refractivity contribution in [3.63, 3.8) is 0 Å². The Kier molecular flexibility index (Phi) is 5.39. The molecule has 0 fully saturated rings. The highest BCUT2D eigenvalue weighted by Crippen LogP contribution is 2.23. The van der Waals surface area contributed by atoms with Crippen molar-refractivity contribution in [2.45, 2.75) is 33.2 Å². The maximum Gasteiger partial charge on any atom is 0.263 e. The number of aliphatic hydroxyl groups excluding tert-OH is 1. The molecule has 3 nitrogen and oxygen atoms in total. The van der Waals surface area contributed by atoms with Gasteiger partial charge in [-0.1, -0.05) is 18.8 Å². The summed E-state index contributed by atoms with van der Waals surface area (Å²) in [5.74, 6) is 5.52. The molecule has 1 heterocycles. The fraction of sp³-hybridized carbons (Fsp3) is 0.500. The van der Waals surface area contributed by atoms with Gasteiger partial charge in [-0.05, 0) is 31.9 Å². The van der Waals surface area contributed by atoms with E-state index in [-0.39, 0.29) is 18.6 Å². The van der Waals surface area contributed by atoms with Crippen LogP contribution in [0.15, 0.2) is 6.07 Å². The van der Waals surface area contributed by atoms with Crippen LogP contribution in [0.2, 0.25) is 0 Å². The molecular formula is C14H19NO2S. The van der Waals surface area contributed by atoms with Crippen LogP contribution in [-0.4, -0.2) is 35.6 Å². The highest BCUT2D eigenvalue weighted by Gasteiger charge is 2.18. The summed E-state index contributed by atoms with van der Waals surface area (Å²) in [6.07, 6.45) is 0.934. The number of hydrogen-bond donors (Lipinski definition) is 1. The maximum atomic E-state index is 12.2. The number of carbonyl (C=O) groups is 1. The highest BCUT2D eigenvalue weighted by atomic mass is 32.1. The van der Waals surface area contributed by atoms with Gasteiger partial charge in [-0.15, -0.1) is 11.3 Å². The van der Waals surface area contributed by atoms with Crippen molar-refractivity contribution in [1.29, 1.82) is 0 Å². The van der Waals surface area contributed by atoms with Gasteiger partial charge in [0, 0.05) is 13.1 Å². The molecule has 0 aromatic carbocycles. The van der Waals surface area contributed by atoms with Crippen LogP contribution in [0.1, 0.15) is 40.4 Å². The van der Waals surface area contributed by atoms with Crippen molar-refractivity contribution >= 4 is 17.2 Å². The molecule has 0 saturated carbocycles. The molecule has 1 aromatic rings. The maximum absolute atomic E-state index is 12.2. The number of thiophene rings is 1. The van der Waals surface area contributed by atoms with E-state index in [0.29, 0.717) is 4.88 Å². The predicted molar refractivity (Wildman–Crippen MR) is 74.9 cm³/mol. The van der Waals surface area contributed by atoms with Gasteiger partial charge in [0.25, 0.3) is 5.91 Å². The second-order valence-corrected chi connectivity index (χ2v) is 5.31. The molecule has 1 aromatic heterocycles. The largest absolute Gasteiger partial charge is 0.384 e. The summed E-state index contributed by atoms with van der Waals surface area (Å²) in [5.41, 5.74) is 0.988. The number of carbonyl (C=O) groups excluding carboxylic acids is 1. The normalized spacial score (nSPS) is 11.6. The van der Waals surface area contributed by atoms with Crippen LogP contribution in [-0.2, 0) is 0 Å². The van der Waals surface area contributed by atoms with Crippen LogP contribution in [0, 0.1) is 18.8 Å². The van der Waals surface area contributed by atoms with Crippen molar-refractivity contribution in [3.8, 4) is 11.8 Å². The van der Waals surface area contributed by atoms with Crippen LogP contribution < -0.4 is 0 Å². The molecule has 1 rings (SSSR count). The third-order valence-electron chi connectivity index (χ3n) is 2.98. The van der Waals surface area contributed by atoms with E-state index in [9.17, 15) is 4.79 Å². The lowest BCUT2D eigenvalue weighted by Crippen LogP contribution is -2.34.